The molecule has 0 spiro atoms. The van der Waals surface area contributed by atoms with Crippen LogP contribution in [0.1, 0.15) is 43.7 Å². The van der Waals surface area contributed by atoms with E-state index in [4.69, 9.17) is 4.98 Å². The minimum Gasteiger partial charge on any atom is -0.356 e. The highest BCUT2D eigenvalue weighted by molar-refractivity contribution is 5.47. The van der Waals surface area contributed by atoms with E-state index in [1.54, 1.807) is 0 Å². The molecule has 2 aliphatic carbocycles. The molecule has 2 saturated carbocycles. The molecule has 3 rings (SSSR count). The van der Waals surface area contributed by atoms with Gasteiger partial charge in [-0.25, -0.2) is 4.98 Å². The highest BCUT2D eigenvalue weighted by Crippen LogP contribution is 2.31. The number of nitrogens with zero attached hydrogens (tertiary/aromatic N) is 2. The highest BCUT2D eigenvalue weighted by atomic mass is 15.2. The number of pyridine rings is 1. The van der Waals surface area contributed by atoms with Gasteiger partial charge in [-0.3, -0.25) is 0 Å². The van der Waals surface area contributed by atoms with E-state index in [2.05, 4.69) is 30.1 Å². The SMILES string of the molecule is CCN(CC1CC1)c1ncc(CNC2CC2)cc1C. The summed E-state index contributed by atoms with van der Waals surface area (Å²) in [7, 11) is 0. The lowest BCUT2D eigenvalue weighted by Gasteiger charge is -2.24. The predicted octanol–water partition coefficient (Wildman–Crippen LogP) is 2.88. The first-order valence-corrected chi connectivity index (χ1v) is 7.70. The van der Waals surface area contributed by atoms with Crippen molar-refractivity contribution in [2.75, 3.05) is 18.0 Å². The van der Waals surface area contributed by atoms with Crippen LogP contribution in [0, 0.1) is 12.8 Å². The standard InChI is InChI=1S/C16H25N3/c1-3-19(11-13-4-5-13)16-12(2)8-14(10-18-16)9-17-15-6-7-15/h8,10,13,15,17H,3-7,9,11H2,1-2H3. The van der Waals surface area contributed by atoms with Gasteiger partial charge in [0.1, 0.15) is 5.82 Å². The van der Waals surface area contributed by atoms with E-state index in [1.807, 2.05) is 6.20 Å². The molecule has 0 saturated heterocycles. The lowest BCUT2D eigenvalue weighted by atomic mass is 10.2. The maximum Gasteiger partial charge on any atom is 0.131 e. The molecule has 0 aromatic carbocycles. The van der Waals surface area contributed by atoms with E-state index in [1.165, 1.54) is 49.2 Å². The second-order valence-electron chi connectivity index (χ2n) is 6.12. The van der Waals surface area contributed by atoms with Crippen molar-refractivity contribution in [1.29, 1.82) is 0 Å². The molecule has 0 radical (unpaired) electrons. The fourth-order valence-electron chi connectivity index (χ4n) is 2.58. The number of aromatic nitrogens is 1. The lowest BCUT2D eigenvalue weighted by Crippen LogP contribution is -2.27. The number of anilines is 1. The lowest BCUT2D eigenvalue weighted by molar-refractivity contribution is 0.683. The van der Waals surface area contributed by atoms with Crippen molar-refractivity contribution in [3.8, 4) is 0 Å². The highest BCUT2D eigenvalue weighted by Gasteiger charge is 2.25. The second kappa shape index (κ2) is 5.49. The molecule has 2 fully saturated rings. The zero-order chi connectivity index (χ0) is 13.2. The van der Waals surface area contributed by atoms with Gasteiger partial charge in [-0.2, -0.15) is 0 Å². The van der Waals surface area contributed by atoms with Crippen LogP contribution < -0.4 is 10.2 Å². The zero-order valence-electron chi connectivity index (χ0n) is 12.2. The van der Waals surface area contributed by atoms with Gasteiger partial charge in [-0.1, -0.05) is 0 Å². The Morgan fingerprint density at radius 3 is 2.68 bits per heavy atom. The average Bonchev–Trinajstić information content (AvgIpc) is 3.28. The first-order chi connectivity index (χ1) is 9.26. The number of nitrogens with one attached hydrogen (secondary N) is 1. The Bertz CT molecular complexity index is 436. The van der Waals surface area contributed by atoms with E-state index in [0.717, 1.165) is 25.0 Å². The molecule has 2 aliphatic rings. The maximum absolute atomic E-state index is 4.71. The molecular formula is C16H25N3. The van der Waals surface area contributed by atoms with Crippen LogP contribution >= 0.6 is 0 Å². The fraction of sp³-hybridized carbons (Fsp3) is 0.688. The van der Waals surface area contributed by atoms with Crippen LogP contribution in [0.4, 0.5) is 5.82 Å². The Morgan fingerprint density at radius 2 is 2.11 bits per heavy atom. The third-order valence-electron chi connectivity index (χ3n) is 4.14. The minimum atomic E-state index is 0.766. The van der Waals surface area contributed by atoms with Gasteiger partial charge in [-0.05, 0) is 62.6 Å². The van der Waals surface area contributed by atoms with E-state index in [0.29, 0.717) is 0 Å². The molecular weight excluding hydrogens is 234 g/mol. The monoisotopic (exact) mass is 259 g/mol. The third kappa shape index (κ3) is 3.47. The van der Waals surface area contributed by atoms with E-state index < -0.39 is 0 Å². The Labute approximate surface area is 116 Å². The van der Waals surface area contributed by atoms with Crippen LogP contribution in [0.5, 0.6) is 0 Å². The van der Waals surface area contributed by atoms with Crippen molar-refractivity contribution in [3.63, 3.8) is 0 Å². The summed E-state index contributed by atoms with van der Waals surface area (Å²) in [6.07, 6.45) is 7.54. The molecule has 3 heteroatoms. The maximum atomic E-state index is 4.71. The summed E-state index contributed by atoms with van der Waals surface area (Å²) < 4.78 is 0. The first kappa shape index (κ1) is 12.9. The summed E-state index contributed by atoms with van der Waals surface area (Å²) in [6.45, 7) is 7.63. The van der Waals surface area contributed by atoms with Crippen LogP contribution in [0.3, 0.4) is 0 Å². The number of hydrogen-bond acceptors (Lipinski definition) is 3. The number of rotatable bonds is 7. The molecule has 0 atom stereocenters. The van der Waals surface area contributed by atoms with E-state index >= 15 is 0 Å². The molecule has 1 aromatic heterocycles. The van der Waals surface area contributed by atoms with Crippen LogP contribution in [-0.2, 0) is 6.54 Å². The summed E-state index contributed by atoms with van der Waals surface area (Å²) in [5.74, 6) is 2.10. The predicted molar refractivity (Wildman–Crippen MR) is 79.4 cm³/mol. The summed E-state index contributed by atoms with van der Waals surface area (Å²) in [4.78, 5) is 7.15. The van der Waals surface area contributed by atoms with Crippen molar-refractivity contribution in [2.45, 2.75) is 52.1 Å². The van der Waals surface area contributed by atoms with Crippen LogP contribution in [0.2, 0.25) is 0 Å². The molecule has 104 valence electrons. The molecule has 0 bridgehead atoms. The Balaban J connectivity index is 1.65. The van der Waals surface area contributed by atoms with E-state index in [9.17, 15) is 0 Å². The first-order valence-electron chi connectivity index (χ1n) is 7.70. The van der Waals surface area contributed by atoms with Crippen molar-refractivity contribution in [2.24, 2.45) is 5.92 Å². The fourth-order valence-corrected chi connectivity index (χ4v) is 2.58. The van der Waals surface area contributed by atoms with Gasteiger partial charge in [0.2, 0.25) is 0 Å². The number of hydrogen-bond donors (Lipinski definition) is 1. The summed E-state index contributed by atoms with van der Waals surface area (Å²) in [5, 5.41) is 3.55. The van der Waals surface area contributed by atoms with Crippen molar-refractivity contribution in [3.05, 3.63) is 23.4 Å². The second-order valence-corrected chi connectivity index (χ2v) is 6.12. The van der Waals surface area contributed by atoms with Gasteiger partial charge in [0.25, 0.3) is 0 Å². The topological polar surface area (TPSA) is 28.2 Å². The van der Waals surface area contributed by atoms with Gasteiger partial charge < -0.3 is 10.2 Å². The quantitative estimate of drug-likeness (QED) is 0.816. The smallest absolute Gasteiger partial charge is 0.131 e. The van der Waals surface area contributed by atoms with Crippen molar-refractivity contribution in [1.82, 2.24) is 10.3 Å². The zero-order valence-corrected chi connectivity index (χ0v) is 12.2. The van der Waals surface area contributed by atoms with Gasteiger partial charge in [0, 0.05) is 31.9 Å². The van der Waals surface area contributed by atoms with E-state index in [-0.39, 0.29) is 0 Å². The Kier molecular flexibility index (Phi) is 3.74. The average molecular weight is 259 g/mol. The van der Waals surface area contributed by atoms with Gasteiger partial charge in [-0.15, -0.1) is 0 Å². The van der Waals surface area contributed by atoms with Gasteiger partial charge in [0.15, 0.2) is 0 Å². The largest absolute Gasteiger partial charge is 0.356 e. The minimum absolute atomic E-state index is 0.766. The molecule has 0 aliphatic heterocycles. The normalized spacial score (nSPS) is 18.6. The van der Waals surface area contributed by atoms with Crippen LogP contribution in [0.15, 0.2) is 12.3 Å². The molecule has 0 unspecified atom stereocenters. The summed E-state index contributed by atoms with van der Waals surface area (Å²) in [6, 6.07) is 3.06. The Hall–Kier alpha value is -1.09. The Morgan fingerprint density at radius 1 is 1.32 bits per heavy atom. The van der Waals surface area contributed by atoms with Crippen LogP contribution in [-0.4, -0.2) is 24.1 Å². The van der Waals surface area contributed by atoms with Crippen LogP contribution in [0.25, 0.3) is 0 Å². The van der Waals surface area contributed by atoms with Gasteiger partial charge >= 0.3 is 0 Å². The van der Waals surface area contributed by atoms with Crippen molar-refractivity contribution < 1.29 is 0 Å². The molecule has 0 amide bonds. The van der Waals surface area contributed by atoms with Crippen molar-refractivity contribution >= 4 is 5.82 Å². The summed E-state index contributed by atoms with van der Waals surface area (Å²) in [5.41, 5.74) is 2.63. The molecule has 1 aromatic rings. The summed E-state index contributed by atoms with van der Waals surface area (Å²) >= 11 is 0. The number of aryl methyl sites for hydroxylation is 1. The molecule has 1 heterocycles. The van der Waals surface area contributed by atoms with Gasteiger partial charge in [0.05, 0.1) is 0 Å². The molecule has 3 nitrogen and oxygen atoms in total. The third-order valence-corrected chi connectivity index (χ3v) is 4.14. The molecule has 19 heavy (non-hydrogen) atoms. The molecule has 1 N–H and O–H groups in total.